The van der Waals surface area contributed by atoms with Gasteiger partial charge in [0, 0.05) is 19.7 Å². The van der Waals surface area contributed by atoms with E-state index in [2.05, 4.69) is 5.32 Å². The van der Waals surface area contributed by atoms with E-state index in [9.17, 15) is 14.0 Å². The molecule has 0 aliphatic carbocycles. The van der Waals surface area contributed by atoms with Crippen molar-refractivity contribution in [3.63, 3.8) is 0 Å². The number of carbonyl (C=O) groups is 2. The number of carboxylic acid groups (broad SMARTS) is 1. The zero-order valence-electron chi connectivity index (χ0n) is 11.4. The van der Waals surface area contributed by atoms with E-state index in [-0.39, 0.29) is 12.5 Å². The maximum absolute atomic E-state index is 13.5. The zero-order valence-corrected chi connectivity index (χ0v) is 11.4. The average molecular weight is 280 g/mol. The molecule has 0 spiro atoms. The number of carbonyl (C=O) groups excluding carboxylic acids is 1. The maximum atomic E-state index is 13.5. The minimum atomic E-state index is -1.09. The highest BCUT2D eigenvalue weighted by Crippen LogP contribution is 2.12. The summed E-state index contributed by atoms with van der Waals surface area (Å²) in [5.41, 5.74) is 1.14. The summed E-state index contributed by atoms with van der Waals surface area (Å²) in [7, 11) is 3.29. The smallest absolute Gasteiger partial charge is 0.328 e. The molecule has 108 valence electrons. The predicted molar refractivity (Wildman–Crippen MR) is 73.5 cm³/mol. The van der Waals surface area contributed by atoms with E-state index >= 15 is 0 Å². The van der Waals surface area contributed by atoms with E-state index in [1.807, 2.05) is 0 Å². The van der Waals surface area contributed by atoms with Gasteiger partial charge in [0.15, 0.2) is 0 Å². The lowest BCUT2D eigenvalue weighted by molar-refractivity contribution is -0.131. The molecule has 0 unspecified atom stereocenters. The van der Waals surface area contributed by atoms with Gasteiger partial charge in [-0.3, -0.25) is 9.69 Å². The summed E-state index contributed by atoms with van der Waals surface area (Å²) in [4.78, 5) is 23.4. The van der Waals surface area contributed by atoms with Crippen LogP contribution in [0.25, 0.3) is 6.08 Å². The monoisotopic (exact) mass is 280 g/mol. The number of hydrogen-bond acceptors (Lipinski definition) is 3. The molecule has 0 aliphatic heterocycles. The second-order valence-electron chi connectivity index (χ2n) is 4.41. The van der Waals surface area contributed by atoms with Gasteiger partial charge in [0.1, 0.15) is 5.82 Å². The molecule has 6 heteroatoms. The van der Waals surface area contributed by atoms with Crippen LogP contribution in [0.2, 0.25) is 0 Å². The molecule has 2 N–H and O–H groups in total. The van der Waals surface area contributed by atoms with Crippen LogP contribution in [0.4, 0.5) is 4.39 Å². The third-order valence-electron chi connectivity index (χ3n) is 2.54. The number of halogens is 1. The number of nitrogens with one attached hydrogen (secondary N) is 1. The number of nitrogens with zero attached hydrogens (tertiary/aromatic N) is 1. The van der Waals surface area contributed by atoms with Crippen LogP contribution in [0.15, 0.2) is 24.3 Å². The lowest BCUT2D eigenvalue weighted by atomic mass is 10.1. The van der Waals surface area contributed by atoms with Crippen molar-refractivity contribution in [1.82, 2.24) is 10.2 Å². The number of hydrogen-bond donors (Lipinski definition) is 2. The van der Waals surface area contributed by atoms with Crippen LogP contribution in [-0.4, -0.2) is 42.5 Å². The molecular formula is C14H17FN2O3. The SMILES string of the molecule is CNC(=O)CN(C)Cc1cc(F)cc(C=CC(=O)O)c1. The number of benzene rings is 1. The molecular weight excluding hydrogens is 263 g/mol. The average Bonchev–Trinajstić information content (AvgIpc) is 2.35. The fourth-order valence-electron chi connectivity index (χ4n) is 1.72. The summed E-state index contributed by atoms with van der Waals surface area (Å²) in [5.74, 6) is -1.66. The van der Waals surface area contributed by atoms with Crippen LogP contribution in [0.1, 0.15) is 11.1 Å². The Bertz CT molecular complexity index is 529. The molecule has 0 aromatic heterocycles. The summed E-state index contributed by atoms with van der Waals surface area (Å²) in [6.07, 6.45) is 2.28. The van der Waals surface area contributed by atoms with Crippen molar-refractivity contribution >= 4 is 18.0 Å². The summed E-state index contributed by atoms with van der Waals surface area (Å²) in [6, 6.07) is 4.29. The third-order valence-corrected chi connectivity index (χ3v) is 2.54. The molecule has 0 radical (unpaired) electrons. The van der Waals surface area contributed by atoms with Crippen LogP contribution >= 0.6 is 0 Å². The van der Waals surface area contributed by atoms with Crippen molar-refractivity contribution in [2.24, 2.45) is 0 Å². The van der Waals surface area contributed by atoms with Gasteiger partial charge in [-0.15, -0.1) is 0 Å². The summed E-state index contributed by atoms with van der Waals surface area (Å²) in [6.45, 7) is 0.590. The third kappa shape index (κ3) is 5.62. The molecule has 20 heavy (non-hydrogen) atoms. The lowest BCUT2D eigenvalue weighted by Crippen LogP contribution is -2.32. The van der Waals surface area contributed by atoms with Gasteiger partial charge in [0.05, 0.1) is 6.54 Å². The van der Waals surface area contributed by atoms with Gasteiger partial charge in [-0.1, -0.05) is 6.07 Å². The first-order valence-electron chi connectivity index (χ1n) is 6.00. The van der Waals surface area contributed by atoms with Crippen LogP contribution < -0.4 is 5.32 Å². The lowest BCUT2D eigenvalue weighted by Gasteiger charge is -2.16. The fraction of sp³-hybridized carbons (Fsp3) is 0.286. The normalized spacial score (nSPS) is 11.0. The number of likely N-dealkylation sites (N-methyl/N-ethyl adjacent to an activating group) is 2. The first-order valence-corrected chi connectivity index (χ1v) is 6.00. The predicted octanol–water partition coefficient (Wildman–Crippen LogP) is 1.10. The summed E-state index contributed by atoms with van der Waals surface area (Å²) >= 11 is 0. The largest absolute Gasteiger partial charge is 0.478 e. The Morgan fingerprint density at radius 2 is 2.10 bits per heavy atom. The quantitative estimate of drug-likeness (QED) is 0.766. The van der Waals surface area contributed by atoms with Crippen molar-refractivity contribution in [2.75, 3.05) is 20.6 Å². The van der Waals surface area contributed by atoms with Crippen molar-refractivity contribution in [1.29, 1.82) is 0 Å². The highest BCUT2D eigenvalue weighted by atomic mass is 19.1. The van der Waals surface area contributed by atoms with Crippen LogP contribution in [0, 0.1) is 5.82 Å². The maximum Gasteiger partial charge on any atom is 0.328 e. The second kappa shape index (κ2) is 7.40. The van der Waals surface area contributed by atoms with Gasteiger partial charge in [0.2, 0.25) is 5.91 Å². The van der Waals surface area contributed by atoms with Gasteiger partial charge < -0.3 is 10.4 Å². The van der Waals surface area contributed by atoms with E-state index in [1.165, 1.54) is 18.2 Å². The summed E-state index contributed by atoms with van der Waals surface area (Å²) < 4.78 is 13.5. The van der Waals surface area contributed by atoms with Crippen molar-refractivity contribution in [3.8, 4) is 0 Å². The minimum Gasteiger partial charge on any atom is -0.478 e. The van der Waals surface area contributed by atoms with Crippen molar-refractivity contribution in [3.05, 3.63) is 41.2 Å². The number of aliphatic carboxylic acids is 1. The minimum absolute atomic E-state index is 0.130. The Hall–Kier alpha value is -2.21. The highest BCUT2D eigenvalue weighted by molar-refractivity contribution is 5.85. The van der Waals surface area contributed by atoms with E-state index < -0.39 is 11.8 Å². The first-order chi connectivity index (χ1) is 9.40. The van der Waals surface area contributed by atoms with E-state index in [1.54, 1.807) is 25.1 Å². The second-order valence-corrected chi connectivity index (χ2v) is 4.41. The number of rotatable bonds is 6. The standard InChI is InChI=1S/C14H17FN2O3/c1-16-13(18)9-17(2)8-11-5-10(3-4-14(19)20)6-12(15)7-11/h3-7H,8-9H2,1-2H3,(H,16,18)(H,19,20). The fourth-order valence-corrected chi connectivity index (χ4v) is 1.72. The molecule has 1 aromatic carbocycles. The van der Waals surface area contributed by atoms with Crippen molar-refractivity contribution < 1.29 is 19.1 Å². The molecule has 1 rings (SSSR count). The molecule has 0 fully saturated rings. The van der Waals surface area contributed by atoms with Gasteiger partial charge in [-0.25, -0.2) is 9.18 Å². The molecule has 0 atom stereocenters. The van der Waals surface area contributed by atoms with Crippen LogP contribution in [0.5, 0.6) is 0 Å². The van der Waals surface area contributed by atoms with Gasteiger partial charge in [-0.2, -0.15) is 0 Å². The highest BCUT2D eigenvalue weighted by Gasteiger charge is 2.07. The molecule has 0 heterocycles. The Morgan fingerprint density at radius 1 is 1.40 bits per heavy atom. The zero-order chi connectivity index (χ0) is 15.1. The molecule has 5 nitrogen and oxygen atoms in total. The van der Waals surface area contributed by atoms with Crippen LogP contribution in [0.3, 0.4) is 0 Å². The van der Waals surface area contributed by atoms with Gasteiger partial charge in [-0.05, 0) is 36.4 Å². The summed E-state index contributed by atoms with van der Waals surface area (Å²) in [5, 5.41) is 11.1. The Balaban J connectivity index is 2.80. The molecule has 1 amide bonds. The van der Waals surface area contributed by atoms with E-state index in [4.69, 9.17) is 5.11 Å². The van der Waals surface area contributed by atoms with Gasteiger partial charge >= 0.3 is 5.97 Å². The van der Waals surface area contributed by atoms with Crippen molar-refractivity contribution in [2.45, 2.75) is 6.54 Å². The Morgan fingerprint density at radius 3 is 2.70 bits per heavy atom. The molecule has 0 aliphatic rings. The Labute approximate surface area is 116 Å². The Kier molecular flexibility index (Phi) is 5.86. The van der Waals surface area contributed by atoms with Gasteiger partial charge in [0.25, 0.3) is 0 Å². The number of carboxylic acids is 1. The van der Waals surface area contributed by atoms with E-state index in [0.29, 0.717) is 17.7 Å². The molecule has 0 saturated heterocycles. The molecule has 1 aromatic rings. The molecule has 0 saturated carbocycles. The van der Waals surface area contributed by atoms with Crippen LogP contribution in [-0.2, 0) is 16.1 Å². The first kappa shape index (κ1) is 15.8. The molecule has 0 bridgehead atoms. The van der Waals surface area contributed by atoms with E-state index in [0.717, 1.165) is 6.08 Å². The number of amides is 1. The topological polar surface area (TPSA) is 69.6 Å².